The summed E-state index contributed by atoms with van der Waals surface area (Å²) in [6, 6.07) is 5.81. The number of aliphatic hydroxyl groups excluding tert-OH is 1. The number of hydrogen-bond acceptors (Lipinski definition) is 6. The quantitative estimate of drug-likeness (QED) is 0.481. The first-order chi connectivity index (χ1) is 16.9. The van der Waals surface area contributed by atoms with Gasteiger partial charge in [-0.1, -0.05) is 11.6 Å². The maximum Gasteiger partial charge on any atom is 0.255 e. The maximum absolute atomic E-state index is 13.3. The van der Waals surface area contributed by atoms with Gasteiger partial charge in [-0.3, -0.25) is 9.59 Å². The van der Waals surface area contributed by atoms with Crippen LogP contribution < -0.4 is 10.1 Å². The van der Waals surface area contributed by atoms with Gasteiger partial charge >= 0.3 is 0 Å². The maximum atomic E-state index is 13.3. The third kappa shape index (κ3) is 4.60. The Labute approximate surface area is 203 Å². The van der Waals surface area contributed by atoms with Gasteiger partial charge in [0.2, 0.25) is 5.91 Å². The predicted octanol–water partition coefficient (Wildman–Crippen LogP) is 2.74. The fourth-order valence-electron chi connectivity index (χ4n) is 4.88. The molecule has 5 rings (SSSR count). The van der Waals surface area contributed by atoms with E-state index in [2.05, 4.69) is 20.3 Å². The van der Waals surface area contributed by atoms with Gasteiger partial charge in [0.25, 0.3) is 5.91 Å². The minimum absolute atomic E-state index is 0.0478. The van der Waals surface area contributed by atoms with Crippen LogP contribution in [0, 0.1) is 19.8 Å². The van der Waals surface area contributed by atoms with Crippen LogP contribution in [0.25, 0.3) is 22.3 Å². The number of H-pyrrole nitrogens is 1. The zero-order valence-corrected chi connectivity index (χ0v) is 20.3. The molecule has 1 aromatic carbocycles. The molecule has 1 aliphatic carbocycles. The van der Waals surface area contributed by atoms with Crippen LogP contribution in [0.5, 0.6) is 5.75 Å². The highest BCUT2D eigenvalue weighted by Crippen LogP contribution is 2.37. The molecule has 0 unspecified atom stereocenters. The third-order valence-electron chi connectivity index (χ3n) is 6.93. The van der Waals surface area contributed by atoms with Crippen molar-refractivity contribution in [2.45, 2.75) is 52.1 Å². The molecule has 1 aliphatic heterocycles. The lowest BCUT2D eigenvalue weighted by molar-refractivity contribution is -0.134. The number of rotatable bonds is 7. The molecule has 1 saturated heterocycles. The van der Waals surface area contributed by atoms with E-state index in [4.69, 9.17) is 4.74 Å². The molecular weight excluding hydrogens is 446 g/mol. The Morgan fingerprint density at radius 1 is 1.26 bits per heavy atom. The molecule has 2 amide bonds. The van der Waals surface area contributed by atoms with Gasteiger partial charge in [0.05, 0.1) is 17.7 Å². The van der Waals surface area contributed by atoms with E-state index in [9.17, 15) is 14.7 Å². The number of aromatic amines is 1. The summed E-state index contributed by atoms with van der Waals surface area (Å²) in [7, 11) is 0. The summed E-state index contributed by atoms with van der Waals surface area (Å²) >= 11 is 0. The number of fused-ring (bicyclic) bond motifs is 1. The first-order valence-electron chi connectivity index (χ1n) is 12.1. The van der Waals surface area contributed by atoms with Crippen molar-refractivity contribution in [3.63, 3.8) is 0 Å². The molecule has 2 aliphatic rings. The molecule has 9 heteroatoms. The van der Waals surface area contributed by atoms with Gasteiger partial charge in [0, 0.05) is 29.9 Å². The molecule has 2 aromatic heterocycles. The minimum atomic E-state index is -0.530. The Hall–Kier alpha value is -3.46. The molecular formula is C26H31N5O4. The van der Waals surface area contributed by atoms with Crippen molar-refractivity contribution in [1.29, 1.82) is 0 Å². The molecule has 1 saturated carbocycles. The van der Waals surface area contributed by atoms with Crippen molar-refractivity contribution in [2.24, 2.45) is 5.92 Å². The lowest BCUT2D eigenvalue weighted by atomic mass is 10.1. The SMILES string of the molecule is Cc1ccc(OCC2CC2)c(-c2ncnc3c(C(=O)N[C@@H]4C[C@@H](C)N(C(=O)CO)C4)c(C)[nH]c23)c1. The normalized spacial score (nSPS) is 19.8. The van der Waals surface area contributed by atoms with Crippen LogP contribution in [-0.2, 0) is 4.79 Å². The van der Waals surface area contributed by atoms with Crippen molar-refractivity contribution < 1.29 is 19.4 Å². The molecule has 2 fully saturated rings. The molecule has 3 heterocycles. The summed E-state index contributed by atoms with van der Waals surface area (Å²) in [5.74, 6) is 0.824. The second-order valence-corrected chi connectivity index (χ2v) is 9.78. The van der Waals surface area contributed by atoms with E-state index in [1.54, 1.807) is 4.90 Å². The number of nitrogens with zero attached hydrogens (tertiary/aromatic N) is 3. The van der Waals surface area contributed by atoms with Crippen LogP contribution in [-0.4, -0.2) is 68.6 Å². The summed E-state index contributed by atoms with van der Waals surface area (Å²) < 4.78 is 6.14. The summed E-state index contributed by atoms with van der Waals surface area (Å²) in [5.41, 5.74) is 5.06. The van der Waals surface area contributed by atoms with E-state index in [0.29, 0.717) is 53.5 Å². The Bertz CT molecular complexity index is 1280. The number of aryl methyl sites for hydroxylation is 2. The lowest BCUT2D eigenvalue weighted by Gasteiger charge is -2.19. The van der Waals surface area contributed by atoms with Crippen LogP contribution in [0.1, 0.15) is 47.8 Å². The van der Waals surface area contributed by atoms with E-state index in [-0.39, 0.29) is 23.9 Å². The summed E-state index contributed by atoms with van der Waals surface area (Å²) in [5, 5.41) is 12.3. The number of nitrogens with one attached hydrogen (secondary N) is 2. The topological polar surface area (TPSA) is 120 Å². The summed E-state index contributed by atoms with van der Waals surface area (Å²) in [6.45, 7) is 6.33. The zero-order chi connectivity index (χ0) is 24.7. The van der Waals surface area contributed by atoms with Gasteiger partial charge in [0.1, 0.15) is 29.9 Å². The average molecular weight is 478 g/mol. The van der Waals surface area contributed by atoms with Crippen molar-refractivity contribution in [2.75, 3.05) is 19.8 Å². The molecule has 0 radical (unpaired) electrons. The van der Waals surface area contributed by atoms with Gasteiger partial charge in [-0.15, -0.1) is 0 Å². The summed E-state index contributed by atoms with van der Waals surface area (Å²) in [6.07, 6.45) is 4.52. The van der Waals surface area contributed by atoms with Crippen molar-refractivity contribution in [1.82, 2.24) is 25.2 Å². The van der Waals surface area contributed by atoms with Crippen molar-refractivity contribution >= 4 is 22.8 Å². The van der Waals surface area contributed by atoms with E-state index in [1.807, 2.05) is 39.0 Å². The monoisotopic (exact) mass is 477 g/mol. The van der Waals surface area contributed by atoms with Gasteiger partial charge in [-0.25, -0.2) is 9.97 Å². The largest absolute Gasteiger partial charge is 0.493 e. The molecule has 0 spiro atoms. The molecule has 3 N–H and O–H groups in total. The first kappa shape index (κ1) is 23.3. The molecule has 35 heavy (non-hydrogen) atoms. The number of ether oxygens (including phenoxy) is 1. The van der Waals surface area contributed by atoms with Crippen LogP contribution in [0.15, 0.2) is 24.5 Å². The Morgan fingerprint density at radius 3 is 2.80 bits per heavy atom. The predicted molar refractivity (Wildman–Crippen MR) is 131 cm³/mol. The number of carbonyl (C=O) groups is 2. The number of amides is 2. The number of aliphatic hydroxyl groups is 1. The summed E-state index contributed by atoms with van der Waals surface area (Å²) in [4.78, 5) is 39.2. The molecule has 3 aromatic rings. The highest BCUT2D eigenvalue weighted by atomic mass is 16.5. The Morgan fingerprint density at radius 2 is 2.06 bits per heavy atom. The van der Waals surface area contributed by atoms with Gasteiger partial charge < -0.3 is 25.0 Å². The molecule has 184 valence electrons. The molecule has 2 atom stereocenters. The number of aromatic nitrogens is 3. The molecule has 9 nitrogen and oxygen atoms in total. The van der Waals surface area contributed by atoms with Crippen LogP contribution >= 0.6 is 0 Å². The Balaban J connectivity index is 1.45. The van der Waals surface area contributed by atoms with Crippen molar-refractivity contribution in [3.8, 4) is 17.0 Å². The van der Waals surface area contributed by atoms with Crippen molar-refractivity contribution in [3.05, 3.63) is 41.3 Å². The third-order valence-corrected chi connectivity index (χ3v) is 6.93. The standard InChI is InChI=1S/C26H31N5O4/c1-14-4-7-20(35-12-17-5-6-17)19(8-14)23-25-24(28-13-27-23)22(16(3)29-25)26(34)30-18-9-15(2)31(10-18)21(33)11-32/h4,7-8,13,15,17-18,29,32H,5-6,9-12H2,1-3H3,(H,30,34)/t15-,18-/m1/s1. The van der Waals surface area contributed by atoms with Crippen LogP contribution in [0.2, 0.25) is 0 Å². The smallest absolute Gasteiger partial charge is 0.255 e. The van der Waals surface area contributed by atoms with Gasteiger partial charge in [0.15, 0.2) is 0 Å². The second kappa shape index (κ2) is 9.30. The lowest BCUT2D eigenvalue weighted by Crippen LogP contribution is -2.40. The van der Waals surface area contributed by atoms with E-state index < -0.39 is 6.61 Å². The minimum Gasteiger partial charge on any atom is -0.493 e. The second-order valence-electron chi connectivity index (χ2n) is 9.78. The fraction of sp³-hybridized carbons (Fsp3) is 0.462. The van der Waals surface area contributed by atoms with Gasteiger partial charge in [-0.2, -0.15) is 0 Å². The zero-order valence-electron chi connectivity index (χ0n) is 20.3. The van der Waals surface area contributed by atoms with Crippen LogP contribution in [0.3, 0.4) is 0 Å². The number of hydrogen-bond donors (Lipinski definition) is 3. The number of likely N-dealkylation sites (tertiary alicyclic amines) is 1. The first-order valence-corrected chi connectivity index (χ1v) is 12.1. The highest BCUT2D eigenvalue weighted by Gasteiger charge is 2.34. The fourth-order valence-corrected chi connectivity index (χ4v) is 4.88. The van der Waals surface area contributed by atoms with Gasteiger partial charge in [-0.05, 0) is 58.1 Å². The number of carbonyl (C=O) groups excluding carboxylic acids is 2. The van der Waals surface area contributed by atoms with E-state index in [1.165, 1.54) is 19.2 Å². The average Bonchev–Trinajstić information content (AvgIpc) is 3.50. The van der Waals surface area contributed by atoms with E-state index in [0.717, 1.165) is 16.9 Å². The number of benzene rings is 1. The molecule has 0 bridgehead atoms. The Kier molecular flexibility index (Phi) is 6.19. The van der Waals surface area contributed by atoms with Crippen LogP contribution in [0.4, 0.5) is 0 Å². The van der Waals surface area contributed by atoms with E-state index >= 15 is 0 Å². The highest BCUT2D eigenvalue weighted by molar-refractivity contribution is 6.09.